The van der Waals surface area contributed by atoms with Crippen LogP contribution in [0.2, 0.25) is 5.02 Å². The van der Waals surface area contributed by atoms with Crippen LogP contribution in [0.25, 0.3) is 0 Å². The van der Waals surface area contributed by atoms with Gasteiger partial charge in [-0.1, -0.05) is 16.8 Å². The van der Waals surface area contributed by atoms with Crippen molar-refractivity contribution in [3.05, 3.63) is 28.8 Å². The molecule has 1 amide bonds. The number of nitrogens with one attached hydrogen (secondary N) is 2. The second-order valence-corrected chi connectivity index (χ2v) is 4.06. The average molecular weight is 255 g/mol. The van der Waals surface area contributed by atoms with Gasteiger partial charge in [0.2, 0.25) is 0 Å². The molecule has 0 aliphatic rings. The third kappa shape index (κ3) is 2.44. The van der Waals surface area contributed by atoms with Crippen LogP contribution in [-0.4, -0.2) is 31.1 Å². The van der Waals surface area contributed by atoms with E-state index in [0.29, 0.717) is 16.5 Å². The van der Waals surface area contributed by atoms with E-state index in [2.05, 4.69) is 25.9 Å². The number of rotatable bonds is 3. The minimum atomic E-state index is -0.324. The summed E-state index contributed by atoms with van der Waals surface area (Å²) in [5.41, 5.74) is 0.477. The first-order chi connectivity index (χ1) is 8.08. The molecule has 2 aromatic rings. The number of hydrogen-bond donors (Lipinski definition) is 2. The zero-order valence-corrected chi connectivity index (χ0v) is 10.1. The van der Waals surface area contributed by atoms with Gasteiger partial charge < -0.3 is 9.88 Å². The lowest BCUT2D eigenvalue weighted by molar-refractivity contribution is 0.0930. The van der Waals surface area contributed by atoms with Gasteiger partial charge in [0.1, 0.15) is 5.69 Å². The van der Waals surface area contributed by atoms with Crippen LogP contribution in [0.5, 0.6) is 0 Å². The number of aryl methyl sites for hydroxylation is 1. The lowest BCUT2D eigenvalue weighted by Crippen LogP contribution is -2.28. The monoisotopic (exact) mass is 254 g/mol. The van der Waals surface area contributed by atoms with E-state index in [1.807, 2.05) is 0 Å². The maximum Gasteiger partial charge on any atom is 0.268 e. The third-order valence-corrected chi connectivity index (χ3v) is 2.51. The zero-order valence-electron chi connectivity index (χ0n) is 9.31. The van der Waals surface area contributed by atoms with Gasteiger partial charge in [-0.15, -0.1) is 10.2 Å². The van der Waals surface area contributed by atoms with E-state index in [1.54, 1.807) is 30.8 Å². The van der Waals surface area contributed by atoms with Crippen molar-refractivity contribution < 1.29 is 4.79 Å². The zero-order chi connectivity index (χ0) is 12.4. The molecule has 8 heteroatoms. The summed E-state index contributed by atoms with van der Waals surface area (Å²) in [4.78, 5) is 11.9. The van der Waals surface area contributed by atoms with E-state index in [-0.39, 0.29) is 11.9 Å². The summed E-state index contributed by atoms with van der Waals surface area (Å²) in [5, 5.41) is 16.6. The van der Waals surface area contributed by atoms with Crippen molar-refractivity contribution in [3.8, 4) is 0 Å². The van der Waals surface area contributed by atoms with Gasteiger partial charge in [-0.25, -0.2) is 0 Å². The van der Waals surface area contributed by atoms with Crippen molar-refractivity contribution in [2.75, 3.05) is 0 Å². The Balaban J connectivity index is 2.09. The minimum Gasteiger partial charge on any atom is -0.345 e. The molecule has 0 saturated heterocycles. The van der Waals surface area contributed by atoms with Crippen molar-refractivity contribution in [1.82, 2.24) is 30.5 Å². The maximum absolute atomic E-state index is 11.9. The van der Waals surface area contributed by atoms with Crippen LogP contribution in [0.4, 0.5) is 0 Å². The molecule has 0 fully saturated rings. The Morgan fingerprint density at radius 2 is 2.41 bits per heavy atom. The summed E-state index contributed by atoms with van der Waals surface area (Å²) in [6.07, 6.45) is 1.66. The highest BCUT2D eigenvalue weighted by Crippen LogP contribution is 2.13. The molecule has 2 heterocycles. The smallest absolute Gasteiger partial charge is 0.268 e. The number of carbonyl (C=O) groups excluding carboxylic acids is 1. The molecular formula is C9H11ClN6O. The molecule has 1 unspecified atom stereocenters. The van der Waals surface area contributed by atoms with Crippen LogP contribution in [0.1, 0.15) is 29.3 Å². The van der Waals surface area contributed by atoms with Gasteiger partial charge in [0.25, 0.3) is 5.91 Å². The number of H-pyrrole nitrogens is 1. The van der Waals surface area contributed by atoms with Gasteiger partial charge in [0.15, 0.2) is 5.82 Å². The highest BCUT2D eigenvalue weighted by atomic mass is 35.5. The highest BCUT2D eigenvalue weighted by Gasteiger charge is 2.17. The quantitative estimate of drug-likeness (QED) is 0.843. The second-order valence-electron chi connectivity index (χ2n) is 3.62. The van der Waals surface area contributed by atoms with Crippen molar-refractivity contribution in [1.29, 1.82) is 0 Å². The summed E-state index contributed by atoms with van der Waals surface area (Å²) < 4.78 is 1.65. The largest absolute Gasteiger partial charge is 0.345 e. The number of tetrazole rings is 1. The predicted octanol–water partition coefficient (Wildman–Crippen LogP) is 0.683. The molecule has 0 aliphatic carbocycles. The van der Waals surface area contributed by atoms with E-state index >= 15 is 0 Å². The number of nitrogens with zero attached hydrogens (tertiary/aromatic N) is 4. The first-order valence-electron chi connectivity index (χ1n) is 4.94. The van der Waals surface area contributed by atoms with E-state index in [0.717, 1.165) is 0 Å². The SMILES string of the molecule is CC(NC(=O)c1cc(Cl)cn1C)c1nn[nH]n1. The Morgan fingerprint density at radius 1 is 1.65 bits per heavy atom. The summed E-state index contributed by atoms with van der Waals surface area (Å²) in [7, 11) is 1.75. The fourth-order valence-electron chi connectivity index (χ4n) is 1.44. The molecule has 0 radical (unpaired) electrons. The summed E-state index contributed by atoms with van der Waals surface area (Å²) >= 11 is 5.81. The van der Waals surface area contributed by atoms with Crippen LogP contribution in [-0.2, 0) is 7.05 Å². The average Bonchev–Trinajstić information content (AvgIpc) is 2.87. The molecule has 0 aliphatic heterocycles. The Bertz CT molecular complexity index is 520. The van der Waals surface area contributed by atoms with Crippen LogP contribution in [0, 0.1) is 0 Å². The molecule has 2 N–H and O–H groups in total. The van der Waals surface area contributed by atoms with Crippen LogP contribution < -0.4 is 5.32 Å². The molecule has 0 aromatic carbocycles. The molecule has 17 heavy (non-hydrogen) atoms. The Kier molecular flexibility index (Phi) is 3.10. The first kappa shape index (κ1) is 11.6. The molecule has 1 atom stereocenters. The third-order valence-electron chi connectivity index (χ3n) is 2.30. The lowest BCUT2D eigenvalue weighted by atomic mass is 10.3. The Labute approximate surface area is 102 Å². The van der Waals surface area contributed by atoms with Crippen molar-refractivity contribution in [3.63, 3.8) is 0 Å². The van der Waals surface area contributed by atoms with E-state index in [4.69, 9.17) is 11.6 Å². The number of aromatic nitrogens is 5. The number of carbonyl (C=O) groups is 1. The fraction of sp³-hybridized carbons (Fsp3) is 0.333. The number of halogens is 1. The molecule has 0 spiro atoms. The highest BCUT2D eigenvalue weighted by molar-refractivity contribution is 6.31. The van der Waals surface area contributed by atoms with Gasteiger partial charge in [0, 0.05) is 13.2 Å². The first-order valence-corrected chi connectivity index (χ1v) is 5.32. The van der Waals surface area contributed by atoms with Gasteiger partial charge >= 0.3 is 0 Å². The van der Waals surface area contributed by atoms with Gasteiger partial charge in [-0.3, -0.25) is 4.79 Å². The summed E-state index contributed by atoms with van der Waals surface area (Å²) in [6.45, 7) is 1.77. The second kappa shape index (κ2) is 4.54. The van der Waals surface area contributed by atoms with E-state index < -0.39 is 0 Å². The number of aromatic amines is 1. The molecule has 2 aromatic heterocycles. The van der Waals surface area contributed by atoms with Crippen LogP contribution in [0.15, 0.2) is 12.3 Å². The van der Waals surface area contributed by atoms with Crippen LogP contribution >= 0.6 is 11.6 Å². The summed E-state index contributed by atoms with van der Waals surface area (Å²) in [5.74, 6) is 0.190. The lowest BCUT2D eigenvalue weighted by Gasteiger charge is -2.10. The fourth-order valence-corrected chi connectivity index (χ4v) is 1.69. The van der Waals surface area contributed by atoms with Gasteiger partial charge in [-0.2, -0.15) is 5.21 Å². The maximum atomic E-state index is 11.9. The van der Waals surface area contributed by atoms with Gasteiger partial charge in [0.05, 0.1) is 11.1 Å². The molecular weight excluding hydrogens is 244 g/mol. The van der Waals surface area contributed by atoms with Crippen molar-refractivity contribution in [2.45, 2.75) is 13.0 Å². The van der Waals surface area contributed by atoms with E-state index in [1.165, 1.54) is 0 Å². The standard InChI is InChI=1S/C9H11ClN6O/c1-5(8-12-14-15-13-8)11-9(17)7-3-6(10)4-16(7)2/h3-5H,1-2H3,(H,11,17)(H,12,13,14,15). The molecule has 2 rings (SSSR count). The van der Waals surface area contributed by atoms with Crippen molar-refractivity contribution >= 4 is 17.5 Å². The minimum absolute atomic E-state index is 0.239. The predicted molar refractivity (Wildman–Crippen MR) is 60.5 cm³/mol. The van der Waals surface area contributed by atoms with E-state index in [9.17, 15) is 4.79 Å². The molecule has 0 saturated carbocycles. The molecule has 7 nitrogen and oxygen atoms in total. The Morgan fingerprint density at radius 3 is 2.94 bits per heavy atom. The van der Waals surface area contributed by atoms with Crippen molar-refractivity contribution in [2.24, 2.45) is 7.05 Å². The number of hydrogen-bond acceptors (Lipinski definition) is 4. The molecule has 0 bridgehead atoms. The normalized spacial score (nSPS) is 12.4. The topological polar surface area (TPSA) is 88.5 Å². The van der Waals surface area contributed by atoms with Crippen LogP contribution in [0.3, 0.4) is 0 Å². The van der Waals surface area contributed by atoms with Gasteiger partial charge in [-0.05, 0) is 13.0 Å². The molecule has 90 valence electrons. The summed E-state index contributed by atoms with van der Waals surface area (Å²) in [6, 6.07) is 1.27. The number of amides is 1. The Hall–Kier alpha value is -1.89.